The normalized spacial score (nSPS) is 12.0. The van der Waals surface area contributed by atoms with Crippen LogP contribution in [0.5, 0.6) is 11.5 Å². The third-order valence-electron chi connectivity index (χ3n) is 9.17. The topological polar surface area (TPSA) is 77.2 Å². The standard InChI is InChI=1S/C44H27N5O2/c1-2-12-28(13-3-1)42-46-43(48-44(47-42)35-17-10-16-34-33-15-4-7-20-38(33)51-41(34)35)31-24-30(29-14-11-23-45-27-29)25-32(26-31)49-36-18-5-8-21-39(36)50-40-22-9-6-19-37(40)49/h1-27H. The minimum absolute atomic E-state index is 0.527. The molecule has 4 heterocycles. The summed E-state index contributed by atoms with van der Waals surface area (Å²) in [6.45, 7) is 0. The largest absolute Gasteiger partial charge is 0.455 e. The molecule has 0 spiro atoms. The molecule has 240 valence electrons. The SMILES string of the molecule is c1ccc(-c2nc(-c3cc(-c4cccnc4)cc(N4c5ccccc5Oc5ccccc54)c3)nc(-c3cccc4c3oc3ccccc34)n2)cc1. The van der Waals surface area contributed by atoms with Crippen LogP contribution in [0.3, 0.4) is 0 Å². The Bertz CT molecular complexity index is 2700. The van der Waals surface area contributed by atoms with Gasteiger partial charge in [0, 0.05) is 45.5 Å². The first-order valence-corrected chi connectivity index (χ1v) is 16.7. The Morgan fingerprint density at radius 3 is 1.90 bits per heavy atom. The Hall–Kier alpha value is -7.12. The fourth-order valence-corrected chi connectivity index (χ4v) is 6.82. The number of nitrogens with zero attached hydrogens (tertiary/aromatic N) is 5. The second-order valence-corrected chi connectivity index (χ2v) is 12.3. The summed E-state index contributed by atoms with van der Waals surface area (Å²) in [7, 11) is 0. The van der Waals surface area contributed by atoms with E-state index in [-0.39, 0.29) is 0 Å². The summed E-state index contributed by atoms with van der Waals surface area (Å²) < 4.78 is 12.8. The van der Waals surface area contributed by atoms with Gasteiger partial charge in [0.25, 0.3) is 0 Å². The van der Waals surface area contributed by atoms with Gasteiger partial charge in [-0.05, 0) is 66.2 Å². The van der Waals surface area contributed by atoms with Gasteiger partial charge in [-0.15, -0.1) is 0 Å². The van der Waals surface area contributed by atoms with Crippen molar-refractivity contribution in [2.75, 3.05) is 4.90 Å². The molecule has 1 aliphatic heterocycles. The molecule has 10 rings (SSSR count). The van der Waals surface area contributed by atoms with E-state index in [4.69, 9.17) is 24.1 Å². The lowest BCUT2D eigenvalue weighted by atomic mass is 10.0. The van der Waals surface area contributed by atoms with Crippen molar-refractivity contribution in [3.8, 4) is 56.8 Å². The van der Waals surface area contributed by atoms with Gasteiger partial charge in [-0.2, -0.15) is 0 Å². The summed E-state index contributed by atoms with van der Waals surface area (Å²) in [5.41, 5.74) is 8.80. The average molecular weight is 658 g/mol. The van der Waals surface area contributed by atoms with E-state index in [9.17, 15) is 0 Å². The maximum Gasteiger partial charge on any atom is 0.167 e. The molecule has 0 amide bonds. The van der Waals surface area contributed by atoms with Gasteiger partial charge >= 0.3 is 0 Å². The number of rotatable bonds is 5. The number of pyridine rings is 1. The molecule has 6 aromatic carbocycles. The summed E-state index contributed by atoms with van der Waals surface area (Å²) >= 11 is 0. The zero-order valence-corrected chi connectivity index (χ0v) is 27.1. The fraction of sp³-hybridized carbons (Fsp3) is 0. The van der Waals surface area contributed by atoms with Crippen molar-refractivity contribution in [1.82, 2.24) is 19.9 Å². The second-order valence-electron chi connectivity index (χ2n) is 12.3. The molecular formula is C44H27N5O2. The Labute approximate surface area is 293 Å². The van der Waals surface area contributed by atoms with E-state index >= 15 is 0 Å². The van der Waals surface area contributed by atoms with Crippen LogP contribution in [0.4, 0.5) is 17.1 Å². The third-order valence-corrected chi connectivity index (χ3v) is 9.17. The Kier molecular flexibility index (Phi) is 6.67. The van der Waals surface area contributed by atoms with Crippen molar-refractivity contribution in [2.45, 2.75) is 0 Å². The minimum atomic E-state index is 0.527. The summed E-state index contributed by atoms with van der Waals surface area (Å²) in [4.78, 5) is 22.0. The maximum absolute atomic E-state index is 6.45. The first kappa shape index (κ1) is 28.9. The van der Waals surface area contributed by atoms with Gasteiger partial charge in [0.1, 0.15) is 11.2 Å². The van der Waals surface area contributed by atoms with Crippen LogP contribution in [-0.2, 0) is 0 Å². The van der Waals surface area contributed by atoms with E-state index in [1.54, 1.807) is 6.20 Å². The minimum Gasteiger partial charge on any atom is -0.455 e. The molecule has 0 N–H and O–H groups in total. The first-order valence-electron chi connectivity index (χ1n) is 16.7. The maximum atomic E-state index is 6.45. The Morgan fingerprint density at radius 1 is 0.471 bits per heavy atom. The average Bonchev–Trinajstić information content (AvgIpc) is 3.59. The van der Waals surface area contributed by atoms with Crippen molar-refractivity contribution in [3.63, 3.8) is 0 Å². The third kappa shape index (κ3) is 4.99. The van der Waals surface area contributed by atoms with Gasteiger partial charge in [-0.3, -0.25) is 4.98 Å². The molecule has 7 nitrogen and oxygen atoms in total. The van der Waals surface area contributed by atoms with E-state index in [0.717, 1.165) is 78.3 Å². The van der Waals surface area contributed by atoms with Crippen LogP contribution < -0.4 is 9.64 Å². The van der Waals surface area contributed by atoms with Crippen molar-refractivity contribution < 1.29 is 9.15 Å². The number of furan rings is 1. The van der Waals surface area contributed by atoms with E-state index in [2.05, 4.69) is 58.4 Å². The number of hydrogen-bond acceptors (Lipinski definition) is 7. The van der Waals surface area contributed by atoms with Crippen molar-refractivity contribution in [3.05, 3.63) is 164 Å². The highest BCUT2D eigenvalue weighted by atomic mass is 16.5. The van der Waals surface area contributed by atoms with Gasteiger partial charge in [0.15, 0.2) is 29.0 Å². The number of aromatic nitrogens is 4. The van der Waals surface area contributed by atoms with Crippen LogP contribution in [0, 0.1) is 0 Å². The van der Waals surface area contributed by atoms with E-state index < -0.39 is 0 Å². The number of fused-ring (bicyclic) bond motifs is 5. The summed E-state index contributed by atoms with van der Waals surface area (Å²) in [5.74, 6) is 3.18. The first-order chi connectivity index (χ1) is 25.3. The van der Waals surface area contributed by atoms with E-state index in [1.165, 1.54) is 0 Å². The molecule has 1 aliphatic rings. The van der Waals surface area contributed by atoms with E-state index in [1.807, 2.05) is 109 Å². The van der Waals surface area contributed by atoms with Crippen LogP contribution in [0.25, 0.3) is 67.2 Å². The number of anilines is 3. The fourth-order valence-electron chi connectivity index (χ4n) is 6.82. The molecule has 0 bridgehead atoms. The molecule has 0 saturated heterocycles. The van der Waals surface area contributed by atoms with Crippen molar-refractivity contribution in [1.29, 1.82) is 0 Å². The van der Waals surface area contributed by atoms with Crippen LogP contribution in [0.2, 0.25) is 0 Å². The summed E-state index contributed by atoms with van der Waals surface area (Å²) in [6.07, 6.45) is 3.66. The number of hydrogen-bond donors (Lipinski definition) is 0. The smallest absolute Gasteiger partial charge is 0.167 e. The molecular weight excluding hydrogens is 631 g/mol. The summed E-state index contributed by atoms with van der Waals surface area (Å²) in [5, 5.41) is 2.06. The summed E-state index contributed by atoms with van der Waals surface area (Å²) in [6, 6.07) is 50.8. The highest BCUT2D eigenvalue weighted by Crippen LogP contribution is 2.51. The second kappa shape index (κ2) is 11.8. The van der Waals surface area contributed by atoms with Crippen LogP contribution in [-0.4, -0.2) is 19.9 Å². The highest BCUT2D eigenvalue weighted by Gasteiger charge is 2.27. The van der Waals surface area contributed by atoms with E-state index in [0.29, 0.717) is 17.5 Å². The molecule has 0 unspecified atom stereocenters. The van der Waals surface area contributed by atoms with Gasteiger partial charge < -0.3 is 14.1 Å². The molecule has 7 heteroatoms. The lowest BCUT2D eigenvalue weighted by Crippen LogP contribution is -2.16. The van der Waals surface area contributed by atoms with Crippen molar-refractivity contribution in [2.24, 2.45) is 0 Å². The zero-order chi connectivity index (χ0) is 33.7. The van der Waals surface area contributed by atoms with Crippen LogP contribution in [0.1, 0.15) is 0 Å². The molecule has 0 aliphatic carbocycles. The molecule has 0 saturated carbocycles. The monoisotopic (exact) mass is 657 g/mol. The Morgan fingerprint density at radius 2 is 1.12 bits per heavy atom. The zero-order valence-electron chi connectivity index (χ0n) is 27.1. The molecule has 51 heavy (non-hydrogen) atoms. The quantitative estimate of drug-likeness (QED) is 0.182. The van der Waals surface area contributed by atoms with Crippen LogP contribution in [0.15, 0.2) is 168 Å². The number of para-hydroxylation sites is 6. The van der Waals surface area contributed by atoms with Gasteiger partial charge in [0.05, 0.1) is 16.9 Å². The molecule has 3 aromatic heterocycles. The molecule has 0 fully saturated rings. The van der Waals surface area contributed by atoms with Crippen molar-refractivity contribution >= 4 is 39.0 Å². The predicted molar refractivity (Wildman–Crippen MR) is 201 cm³/mol. The number of benzene rings is 6. The Balaban J connectivity index is 1.23. The van der Waals surface area contributed by atoms with Gasteiger partial charge in [-0.1, -0.05) is 91.0 Å². The molecule has 9 aromatic rings. The number of ether oxygens (including phenoxy) is 1. The lowest BCUT2D eigenvalue weighted by molar-refractivity contribution is 0.477. The predicted octanol–water partition coefficient (Wildman–Crippen LogP) is 11.4. The van der Waals surface area contributed by atoms with Gasteiger partial charge in [-0.25, -0.2) is 15.0 Å². The molecule has 0 radical (unpaired) electrons. The van der Waals surface area contributed by atoms with Gasteiger partial charge in [0.2, 0.25) is 0 Å². The lowest BCUT2D eigenvalue weighted by Gasteiger charge is -2.33. The molecule has 0 atom stereocenters. The highest BCUT2D eigenvalue weighted by molar-refractivity contribution is 6.09. The van der Waals surface area contributed by atoms with Crippen LogP contribution >= 0.6 is 0 Å².